The van der Waals surface area contributed by atoms with Crippen LogP contribution in [0.3, 0.4) is 0 Å². The summed E-state index contributed by atoms with van der Waals surface area (Å²) in [5.74, 6) is 0.381. The van der Waals surface area contributed by atoms with E-state index in [2.05, 4.69) is 29.7 Å². The molecule has 0 atom stereocenters. The van der Waals surface area contributed by atoms with Crippen LogP contribution in [-0.4, -0.2) is 24.2 Å². The van der Waals surface area contributed by atoms with Crippen molar-refractivity contribution in [2.75, 3.05) is 14.2 Å². The molecular weight excluding hydrogens is 277 g/mol. The first-order valence-corrected chi connectivity index (χ1v) is 9.91. The number of methoxy groups -OCH3 is 2. The van der Waals surface area contributed by atoms with Crippen molar-refractivity contribution in [3.8, 4) is 11.9 Å². The fourth-order valence-corrected chi connectivity index (χ4v) is 0.494. The van der Waals surface area contributed by atoms with Crippen molar-refractivity contribution in [3.63, 3.8) is 0 Å². The molecule has 6 heteroatoms. The van der Waals surface area contributed by atoms with Crippen LogP contribution in [0.5, 0.6) is 11.9 Å². The van der Waals surface area contributed by atoms with Crippen LogP contribution in [0.25, 0.3) is 0 Å². The molecule has 0 saturated carbocycles. The number of nitrogens with zero attached hydrogens (tertiary/aromatic N) is 2. The molecule has 0 fully saturated rings. The standard InChI is InChI=1S/C6H7N2O2.BrH.Zn/c1-9-5-3-4-7-6(8-5)10-2;;/h4H,1-2H3;1H;/q-1;;+2/p-1. The van der Waals surface area contributed by atoms with E-state index in [1.165, 1.54) is 36.8 Å². The zero-order chi connectivity index (χ0) is 9.40. The predicted molar refractivity (Wildman–Crippen MR) is 42.9 cm³/mol. The zero-order valence-corrected chi connectivity index (χ0v) is 11.4. The van der Waals surface area contributed by atoms with E-state index in [-0.39, 0.29) is 6.01 Å². The van der Waals surface area contributed by atoms with Gasteiger partial charge in [-0.3, -0.25) is 0 Å². The summed E-state index contributed by atoms with van der Waals surface area (Å²) in [7, 11) is 3.01. The van der Waals surface area contributed by atoms with E-state index < -0.39 is 0 Å². The molecule has 0 aromatic carbocycles. The van der Waals surface area contributed by atoms with E-state index in [4.69, 9.17) is 9.47 Å². The third-order valence-corrected chi connectivity index (χ3v) is 0.936. The summed E-state index contributed by atoms with van der Waals surface area (Å²) < 4.78 is 9.50. The van der Waals surface area contributed by atoms with Gasteiger partial charge >= 0.3 is 36.0 Å². The summed E-state index contributed by atoms with van der Waals surface area (Å²) in [6.07, 6.45) is 1.45. The second-order valence-corrected chi connectivity index (χ2v) is 1.51. The van der Waals surface area contributed by atoms with Crippen LogP contribution in [0.1, 0.15) is 0 Å². The molecule has 0 bridgehead atoms. The van der Waals surface area contributed by atoms with Gasteiger partial charge in [0.15, 0.2) is 0 Å². The van der Waals surface area contributed by atoms with E-state index in [0.717, 1.165) is 0 Å². The molecule has 0 amide bonds. The Morgan fingerprint density at radius 1 is 1.42 bits per heavy atom. The van der Waals surface area contributed by atoms with Crippen LogP contribution in [0.4, 0.5) is 0 Å². The van der Waals surface area contributed by atoms with Crippen molar-refractivity contribution >= 4 is 13.6 Å². The topological polar surface area (TPSA) is 44.2 Å². The minimum atomic E-state index is 0.288. The number of hydrogen-bond donors (Lipinski definition) is 0. The molecule has 0 N–H and O–H groups in total. The number of halogens is 1. The van der Waals surface area contributed by atoms with Gasteiger partial charge in [0.1, 0.15) is 0 Å². The van der Waals surface area contributed by atoms with E-state index in [9.17, 15) is 0 Å². The van der Waals surface area contributed by atoms with Crippen LogP contribution in [0.2, 0.25) is 0 Å². The molecule has 0 aliphatic carbocycles. The molecule has 0 aliphatic rings. The van der Waals surface area contributed by atoms with Crippen LogP contribution in [-0.2, 0) is 16.3 Å². The number of ether oxygens (including phenoxy) is 2. The summed E-state index contributed by atoms with van der Waals surface area (Å²) in [6.45, 7) is 0. The Morgan fingerprint density at radius 2 is 2.08 bits per heavy atom. The Labute approximate surface area is 87.7 Å². The van der Waals surface area contributed by atoms with E-state index in [1.54, 1.807) is 0 Å². The van der Waals surface area contributed by atoms with E-state index in [0.29, 0.717) is 5.88 Å². The van der Waals surface area contributed by atoms with Gasteiger partial charge in [0, 0.05) is 5.88 Å². The summed E-state index contributed by atoms with van der Waals surface area (Å²) in [6, 6.07) is 2.96. The van der Waals surface area contributed by atoms with Crippen molar-refractivity contribution in [2.24, 2.45) is 0 Å². The van der Waals surface area contributed by atoms with Crippen LogP contribution in [0, 0.1) is 6.07 Å². The first-order chi connectivity index (χ1) is 5.86. The second-order valence-electron chi connectivity index (χ2n) is 1.51. The summed E-state index contributed by atoms with van der Waals surface area (Å²) >= 11 is 4.25. The monoisotopic (exact) mass is 282 g/mol. The van der Waals surface area contributed by atoms with Crippen molar-refractivity contribution in [1.29, 1.82) is 0 Å². The van der Waals surface area contributed by atoms with Crippen molar-refractivity contribution in [1.82, 2.24) is 9.97 Å². The van der Waals surface area contributed by atoms with Crippen molar-refractivity contribution < 1.29 is 25.8 Å². The van der Waals surface area contributed by atoms with Gasteiger partial charge in [0.25, 0.3) is 0 Å². The molecule has 1 aromatic heterocycles. The minimum absolute atomic E-state index is 0.288. The Bertz CT molecular complexity index is 205. The van der Waals surface area contributed by atoms with E-state index in [1.807, 2.05) is 0 Å². The molecule has 12 heavy (non-hydrogen) atoms. The molecule has 0 spiro atoms. The quantitative estimate of drug-likeness (QED) is 0.603. The SMILES string of the molecule is COc1[c-]cnc(OC)n1.[Zn+][Br]. The van der Waals surface area contributed by atoms with E-state index >= 15 is 0 Å². The van der Waals surface area contributed by atoms with Crippen LogP contribution < -0.4 is 9.47 Å². The van der Waals surface area contributed by atoms with Gasteiger partial charge < -0.3 is 15.5 Å². The predicted octanol–water partition coefficient (Wildman–Crippen LogP) is 1.14. The maximum absolute atomic E-state index is 4.77. The van der Waals surface area contributed by atoms with Crippen LogP contribution >= 0.6 is 13.6 Å². The van der Waals surface area contributed by atoms with Gasteiger partial charge in [0.05, 0.1) is 14.2 Å². The molecule has 0 unspecified atom stereocenters. The number of aromatic nitrogens is 2. The van der Waals surface area contributed by atoms with Gasteiger partial charge in [0.2, 0.25) is 0 Å². The first-order valence-electron chi connectivity index (χ1n) is 2.96. The Hall–Kier alpha value is -0.217. The summed E-state index contributed by atoms with van der Waals surface area (Å²) in [5.41, 5.74) is 0. The normalized spacial score (nSPS) is 8.08. The zero-order valence-electron chi connectivity index (χ0n) is 6.87. The number of rotatable bonds is 2. The Kier molecular flexibility index (Phi) is 7.30. The summed E-state index contributed by atoms with van der Waals surface area (Å²) in [4.78, 5) is 7.54. The molecule has 0 aliphatic heterocycles. The molecular formula is C6H7BrN2O2Zn. The van der Waals surface area contributed by atoms with Gasteiger partial charge in [-0.25, -0.2) is 4.98 Å². The third kappa shape index (κ3) is 3.97. The van der Waals surface area contributed by atoms with Gasteiger partial charge in [-0.15, -0.1) is 6.20 Å². The molecule has 62 valence electrons. The van der Waals surface area contributed by atoms with Gasteiger partial charge in [-0.2, -0.15) is 4.98 Å². The molecule has 0 radical (unpaired) electrons. The molecule has 1 aromatic rings. The average molecular weight is 284 g/mol. The van der Waals surface area contributed by atoms with Crippen molar-refractivity contribution in [2.45, 2.75) is 0 Å². The molecule has 0 saturated heterocycles. The second kappa shape index (κ2) is 7.43. The first kappa shape index (κ1) is 11.8. The molecule has 1 heterocycles. The Morgan fingerprint density at radius 3 is 2.58 bits per heavy atom. The number of hydrogen-bond acceptors (Lipinski definition) is 4. The fourth-order valence-electron chi connectivity index (χ4n) is 0.494. The van der Waals surface area contributed by atoms with Crippen LogP contribution in [0.15, 0.2) is 6.20 Å². The molecule has 1 rings (SSSR count). The average Bonchev–Trinajstić information content (AvgIpc) is 2.21. The maximum atomic E-state index is 4.77. The van der Waals surface area contributed by atoms with Gasteiger partial charge in [-0.05, 0) is 0 Å². The summed E-state index contributed by atoms with van der Waals surface area (Å²) in [5, 5.41) is 0. The van der Waals surface area contributed by atoms with Gasteiger partial charge in [-0.1, -0.05) is 0 Å². The van der Waals surface area contributed by atoms with Crippen molar-refractivity contribution in [3.05, 3.63) is 12.3 Å². The molecule has 4 nitrogen and oxygen atoms in total. The Balaban J connectivity index is 0.000000561. The fraction of sp³-hybridized carbons (Fsp3) is 0.333. The third-order valence-electron chi connectivity index (χ3n) is 0.936.